The summed E-state index contributed by atoms with van der Waals surface area (Å²) in [5.41, 5.74) is 5.17. The average Bonchev–Trinajstić information content (AvgIpc) is 2.94. The van der Waals surface area contributed by atoms with Gasteiger partial charge in [-0.05, 0) is 0 Å². The number of methoxy groups -OCH3 is 1. The van der Waals surface area contributed by atoms with E-state index >= 15 is 0 Å². The molecule has 1 aromatic rings. The second kappa shape index (κ2) is 4.73. The van der Waals surface area contributed by atoms with Crippen molar-refractivity contribution in [3.8, 4) is 0 Å². The molecule has 1 unspecified atom stereocenters. The van der Waals surface area contributed by atoms with Crippen LogP contribution in [0.25, 0.3) is 0 Å². The highest BCUT2D eigenvalue weighted by molar-refractivity contribution is 7.17. The fourth-order valence-corrected chi connectivity index (χ4v) is 2.53. The van der Waals surface area contributed by atoms with E-state index in [-0.39, 0.29) is 18.9 Å². The molecule has 1 fully saturated rings. The van der Waals surface area contributed by atoms with Crippen molar-refractivity contribution in [3.05, 3.63) is 11.1 Å². The Morgan fingerprint density at radius 2 is 2.33 bits per heavy atom. The normalized spacial score (nSPS) is 19.1. The van der Waals surface area contributed by atoms with Gasteiger partial charge in [0.15, 0.2) is 5.13 Å². The fraction of sp³-hybridized carbons (Fsp3) is 0.400. The lowest BCUT2D eigenvalue weighted by Crippen LogP contribution is -2.28. The highest BCUT2D eigenvalue weighted by Gasteiger charge is 2.35. The number of primary amides is 1. The van der Waals surface area contributed by atoms with Crippen molar-refractivity contribution >= 4 is 34.3 Å². The van der Waals surface area contributed by atoms with Gasteiger partial charge in [0.2, 0.25) is 11.8 Å². The summed E-state index contributed by atoms with van der Waals surface area (Å²) in [6, 6.07) is 0. The zero-order valence-corrected chi connectivity index (χ0v) is 10.4. The summed E-state index contributed by atoms with van der Waals surface area (Å²) in [5.74, 6) is -1.72. The summed E-state index contributed by atoms with van der Waals surface area (Å²) in [7, 11) is 1.27. The molecular weight excluding hydrogens is 258 g/mol. The lowest BCUT2D eigenvalue weighted by Gasteiger charge is -2.11. The smallest absolute Gasteiger partial charge is 0.349 e. The van der Waals surface area contributed by atoms with Crippen molar-refractivity contribution in [3.63, 3.8) is 0 Å². The van der Waals surface area contributed by atoms with Crippen molar-refractivity contribution in [1.29, 1.82) is 0 Å². The Morgan fingerprint density at radius 3 is 2.89 bits per heavy atom. The van der Waals surface area contributed by atoms with Crippen LogP contribution in [0.2, 0.25) is 0 Å². The fourth-order valence-electron chi connectivity index (χ4n) is 1.67. The summed E-state index contributed by atoms with van der Waals surface area (Å²) in [5, 5.41) is 0.379. The van der Waals surface area contributed by atoms with E-state index < -0.39 is 17.8 Å². The zero-order chi connectivity index (χ0) is 13.3. The van der Waals surface area contributed by atoms with Crippen LogP contribution in [-0.4, -0.2) is 36.4 Å². The van der Waals surface area contributed by atoms with E-state index in [1.165, 1.54) is 18.2 Å². The minimum atomic E-state index is -0.504. The molecule has 0 saturated carbocycles. The van der Waals surface area contributed by atoms with Crippen LogP contribution >= 0.6 is 11.3 Å². The number of rotatable bonds is 3. The van der Waals surface area contributed by atoms with Crippen LogP contribution in [0.4, 0.5) is 5.13 Å². The Morgan fingerprint density at radius 1 is 1.61 bits per heavy atom. The number of esters is 1. The van der Waals surface area contributed by atoms with Crippen LogP contribution in [0.15, 0.2) is 6.20 Å². The van der Waals surface area contributed by atoms with E-state index in [4.69, 9.17) is 5.73 Å². The third kappa shape index (κ3) is 2.19. The number of hydrogen-bond acceptors (Lipinski definition) is 6. The van der Waals surface area contributed by atoms with Crippen LogP contribution < -0.4 is 10.6 Å². The number of nitrogens with zero attached hydrogens (tertiary/aromatic N) is 2. The lowest BCUT2D eigenvalue weighted by molar-refractivity contribution is -0.123. The van der Waals surface area contributed by atoms with E-state index in [0.29, 0.717) is 10.0 Å². The maximum absolute atomic E-state index is 11.7. The highest BCUT2D eigenvalue weighted by atomic mass is 32.1. The largest absolute Gasteiger partial charge is 0.465 e. The summed E-state index contributed by atoms with van der Waals surface area (Å²) in [4.78, 5) is 39.7. The Hall–Kier alpha value is -1.96. The molecule has 1 aromatic heterocycles. The first kappa shape index (κ1) is 12.5. The predicted octanol–water partition coefficient (Wildman–Crippen LogP) is -0.232. The van der Waals surface area contributed by atoms with Crippen molar-refractivity contribution in [2.24, 2.45) is 11.7 Å². The van der Waals surface area contributed by atoms with Crippen LogP contribution in [0, 0.1) is 5.92 Å². The van der Waals surface area contributed by atoms with Gasteiger partial charge in [0, 0.05) is 13.0 Å². The molecule has 1 saturated heterocycles. The molecule has 2 N–H and O–H groups in total. The average molecular weight is 269 g/mol. The first-order valence-electron chi connectivity index (χ1n) is 5.16. The standard InChI is InChI=1S/C10H11N3O4S/c1-17-9(16)6-3-12-10(18-6)13-4-5(8(11)15)2-7(13)14/h3,5H,2,4H2,1H3,(H2,11,15). The van der Waals surface area contributed by atoms with Crippen LogP contribution in [0.3, 0.4) is 0 Å². The Labute approximate surface area is 107 Å². The molecule has 8 heteroatoms. The van der Waals surface area contributed by atoms with E-state index in [2.05, 4.69) is 9.72 Å². The number of aromatic nitrogens is 1. The van der Waals surface area contributed by atoms with Gasteiger partial charge in [0.25, 0.3) is 0 Å². The Bertz CT molecular complexity index is 513. The summed E-state index contributed by atoms with van der Waals surface area (Å²) in [6.07, 6.45) is 1.43. The van der Waals surface area contributed by atoms with Crippen molar-refractivity contribution < 1.29 is 19.1 Å². The molecule has 96 valence electrons. The number of ether oxygens (including phenoxy) is 1. The lowest BCUT2D eigenvalue weighted by atomic mass is 10.1. The number of carbonyl (C=O) groups is 3. The molecule has 2 amide bonds. The number of thiazole rings is 1. The molecule has 1 aliphatic rings. The molecule has 0 bridgehead atoms. The molecule has 0 aliphatic carbocycles. The maximum Gasteiger partial charge on any atom is 0.349 e. The van der Waals surface area contributed by atoms with Crippen molar-refractivity contribution in [2.75, 3.05) is 18.6 Å². The Balaban J connectivity index is 2.17. The van der Waals surface area contributed by atoms with Crippen LogP contribution in [0.1, 0.15) is 16.1 Å². The number of amides is 2. The highest BCUT2D eigenvalue weighted by Crippen LogP contribution is 2.29. The molecule has 1 aliphatic heterocycles. The maximum atomic E-state index is 11.7. The molecular formula is C10H11N3O4S. The molecule has 2 heterocycles. The van der Waals surface area contributed by atoms with Crippen molar-refractivity contribution in [2.45, 2.75) is 6.42 Å². The monoisotopic (exact) mass is 269 g/mol. The Kier molecular flexibility index (Phi) is 3.28. The van der Waals surface area contributed by atoms with Gasteiger partial charge in [-0.25, -0.2) is 9.78 Å². The topological polar surface area (TPSA) is 103 Å². The number of anilines is 1. The van der Waals surface area contributed by atoms with Gasteiger partial charge in [-0.15, -0.1) is 0 Å². The van der Waals surface area contributed by atoms with Crippen LogP contribution in [-0.2, 0) is 14.3 Å². The molecule has 1 atom stereocenters. The second-order valence-corrected chi connectivity index (χ2v) is 4.82. The molecule has 18 heavy (non-hydrogen) atoms. The van der Waals surface area contributed by atoms with Gasteiger partial charge in [0.05, 0.1) is 19.2 Å². The molecule has 7 nitrogen and oxygen atoms in total. The van der Waals surface area contributed by atoms with Gasteiger partial charge in [0.1, 0.15) is 4.88 Å². The van der Waals surface area contributed by atoms with E-state index in [1.807, 2.05) is 0 Å². The van der Waals surface area contributed by atoms with Crippen molar-refractivity contribution in [1.82, 2.24) is 4.98 Å². The number of hydrogen-bond donors (Lipinski definition) is 1. The first-order valence-corrected chi connectivity index (χ1v) is 5.98. The van der Waals surface area contributed by atoms with E-state index in [1.54, 1.807) is 0 Å². The third-order valence-electron chi connectivity index (χ3n) is 2.64. The molecule has 0 spiro atoms. The van der Waals surface area contributed by atoms with E-state index in [9.17, 15) is 14.4 Å². The molecule has 0 radical (unpaired) electrons. The van der Waals surface area contributed by atoms with E-state index in [0.717, 1.165) is 11.3 Å². The molecule has 0 aromatic carbocycles. The predicted molar refractivity (Wildman–Crippen MR) is 63.1 cm³/mol. The van der Waals surface area contributed by atoms with Crippen LogP contribution in [0.5, 0.6) is 0 Å². The van der Waals surface area contributed by atoms with Gasteiger partial charge in [-0.3, -0.25) is 14.5 Å². The minimum absolute atomic E-state index is 0.0858. The molecule has 2 rings (SSSR count). The quantitative estimate of drug-likeness (QED) is 0.763. The third-order valence-corrected chi connectivity index (χ3v) is 3.64. The zero-order valence-electron chi connectivity index (χ0n) is 9.58. The summed E-state index contributed by atoms with van der Waals surface area (Å²) in [6.45, 7) is 0.211. The minimum Gasteiger partial charge on any atom is -0.465 e. The first-order chi connectivity index (χ1) is 8.52. The second-order valence-electron chi connectivity index (χ2n) is 3.81. The van der Waals surface area contributed by atoms with Gasteiger partial charge < -0.3 is 10.5 Å². The van der Waals surface area contributed by atoms with Gasteiger partial charge in [-0.2, -0.15) is 0 Å². The summed E-state index contributed by atoms with van der Waals surface area (Å²) >= 11 is 1.05. The summed E-state index contributed by atoms with van der Waals surface area (Å²) < 4.78 is 4.55. The number of nitrogens with two attached hydrogens (primary N) is 1. The van der Waals surface area contributed by atoms with Gasteiger partial charge in [-0.1, -0.05) is 11.3 Å². The SMILES string of the molecule is COC(=O)c1cnc(N2CC(C(N)=O)CC2=O)s1. The number of carbonyl (C=O) groups excluding carboxylic acids is 3. The van der Waals surface area contributed by atoms with Gasteiger partial charge >= 0.3 is 5.97 Å².